The summed E-state index contributed by atoms with van der Waals surface area (Å²) in [6, 6.07) is 13.4. The lowest BCUT2D eigenvalue weighted by molar-refractivity contribution is 0.363. The number of nitrogens with zero attached hydrogens (tertiary/aromatic N) is 3. The summed E-state index contributed by atoms with van der Waals surface area (Å²) in [5.74, 6) is 0.834. The molecule has 0 bridgehead atoms. The quantitative estimate of drug-likeness (QED) is 0.500. The third-order valence-corrected chi connectivity index (χ3v) is 4.77. The van der Waals surface area contributed by atoms with Gasteiger partial charge in [-0.3, -0.25) is 4.79 Å². The Balaban J connectivity index is 1.68. The first-order valence-electron chi connectivity index (χ1n) is 8.15. The first kappa shape index (κ1) is 17.1. The van der Waals surface area contributed by atoms with Crippen LogP contribution in [0.15, 0.2) is 66.0 Å². The molecule has 0 radical (unpaired) electrons. The molecule has 0 aliphatic rings. The summed E-state index contributed by atoms with van der Waals surface area (Å²) in [6.45, 7) is 4.04. The van der Waals surface area contributed by atoms with E-state index in [0.717, 1.165) is 11.3 Å². The van der Waals surface area contributed by atoms with Gasteiger partial charge in [0.15, 0.2) is 5.82 Å². The highest BCUT2D eigenvalue weighted by Gasteiger charge is 2.12. The predicted molar refractivity (Wildman–Crippen MR) is 103 cm³/mol. The Bertz CT molecular complexity index is 1230. The van der Waals surface area contributed by atoms with Crippen molar-refractivity contribution in [2.24, 2.45) is 0 Å². The van der Waals surface area contributed by atoms with E-state index in [1.54, 1.807) is 24.3 Å². The van der Waals surface area contributed by atoms with E-state index in [2.05, 4.69) is 16.7 Å². The van der Waals surface area contributed by atoms with Gasteiger partial charge in [-0.25, -0.2) is 4.39 Å². The standard InChI is InChI=1S/C20H14FN3O2S/c1-2-10-26-16-8-6-14(7-9-16)18-22-20-24(23-18)19(25)17(27-20)12-13-4-3-5-15(21)11-13/h2-9,11-12H,1,10H2/b17-12-. The monoisotopic (exact) mass is 379 g/mol. The number of ether oxygens (including phenoxy) is 1. The Labute approximate surface area is 157 Å². The Hall–Kier alpha value is -3.32. The zero-order chi connectivity index (χ0) is 18.8. The van der Waals surface area contributed by atoms with Gasteiger partial charge >= 0.3 is 0 Å². The highest BCUT2D eigenvalue weighted by atomic mass is 32.1. The van der Waals surface area contributed by atoms with Gasteiger partial charge in [0, 0.05) is 5.56 Å². The van der Waals surface area contributed by atoms with Crippen molar-refractivity contribution in [3.05, 3.63) is 87.5 Å². The molecule has 4 rings (SSSR count). The molecule has 0 N–H and O–H groups in total. The van der Waals surface area contributed by atoms with Crippen molar-refractivity contribution in [3.63, 3.8) is 0 Å². The highest BCUT2D eigenvalue weighted by molar-refractivity contribution is 7.15. The molecule has 2 aromatic carbocycles. The van der Waals surface area contributed by atoms with E-state index in [1.807, 2.05) is 24.3 Å². The van der Waals surface area contributed by atoms with Crippen LogP contribution in [0.3, 0.4) is 0 Å². The molecule has 0 saturated heterocycles. The number of hydrogen-bond acceptors (Lipinski definition) is 5. The minimum atomic E-state index is -0.349. The fourth-order valence-electron chi connectivity index (χ4n) is 2.56. The summed E-state index contributed by atoms with van der Waals surface area (Å²) in [5.41, 5.74) is 1.13. The van der Waals surface area contributed by atoms with Gasteiger partial charge in [0.2, 0.25) is 4.96 Å². The summed E-state index contributed by atoms with van der Waals surface area (Å²) in [4.78, 5) is 17.5. The number of halogens is 1. The number of benzene rings is 2. The van der Waals surface area contributed by atoms with Gasteiger partial charge in [0.05, 0.1) is 4.53 Å². The van der Waals surface area contributed by atoms with E-state index in [-0.39, 0.29) is 11.4 Å². The third-order valence-electron chi connectivity index (χ3n) is 3.81. The number of hydrogen-bond donors (Lipinski definition) is 0. The molecule has 0 atom stereocenters. The molecule has 7 heteroatoms. The van der Waals surface area contributed by atoms with Crippen molar-refractivity contribution in [2.45, 2.75) is 0 Å². The fourth-order valence-corrected chi connectivity index (χ4v) is 3.47. The average Bonchev–Trinajstić information content (AvgIpc) is 3.20. The number of aromatic nitrogens is 3. The van der Waals surface area contributed by atoms with Crippen LogP contribution in [0.5, 0.6) is 5.75 Å². The summed E-state index contributed by atoms with van der Waals surface area (Å²) < 4.78 is 20.5. The predicted octanol–water partition coefficient (Wildman–Crippen LogP) is 3.07. The van der Waals surface area contributed by atoms with Crippen molar-refractivity contribution < 1.29 is 9.13 Å². The van der Waals surface area contributed by atoms with Crippen LogP contribution in [0, 0.1) is 5.82 Å². The second-order valence-corrected chi connectivity index (χ2v) is 6.73. The maximum atomic E-state index is 13.3. The molecule has 27 heavy (non-hydrogen) atoms. The van der Waals surface area contributed by atoms with E-state index in [0.29, 0.717) is 27.5 Å². The zero-order valence-corrected chi connectivity index (χ0v) is 14.9. The second kappa shape index (κ2) is 7.13. The molecular weight excluding hydrogens is 365 g/mol. The lowest BCUT2D eigenvalue weighted by Gasteiger charge is -2.02. The van der Waals surface area contributed by atoms with Crippen LogP contribution >= 0.6 is 11.3 Å². The van der Waals surface area contributed by atoms with Crippen LogP contribution in [-0.2, 0) is 0 Å². The van der Waals surface area contributed by atoms with E-state index in [4.69, 9.17) is 4.74 Å². The molecule has 134 valence electrons. The van der Waals surface area contributed by atoms with E-state index >= 15 is 0 Å². The molecule has 5 nitrogen and oxygen atoms in total. The summed E-state index contributed by atoms with van der Waals surface area (Å²) in [6.07, 6.45) is 3.31. The van der Waals surface area contributed by atoms with E-state index in [1.165, 1.54) is 28.0 Å². The Morgan fingerprint density at radius 2 is 2.04 bits per heavy atom. The number of thiazole rings is 1. The molecule has 4 aromatic rings. The topological polar surface area (TPSA) is 56.5 Å². The molecule has 0 spiro atoms. The van der Waals surface area contributed by atoms with Crippen LogP contribution in [0.1, 0.15) is 5.56 Å². The smallest absolute Gasteiger partial charge is 0.291 e. The Kier molecular flexibility index (Phi) is 4.52. The Morgan fingerprint density at radius 1 is 1.22 bits per heavy atom. The van der Waals surface area contributed by atoms with Gasteiger partial charge in [-0.1, -0.05) is 36.1 Å². The van der Waals surface area contributed by atoms with Crippen molar-refractivity contribution in [2.75, 3.05) is 6.61 Å². The van der Waals surface area contributed by atoms with Crippen molar-refractivity contribution in [1.29, 1.82) is 0 Å². The first-order chi connectivity index (χ1) is 13.1. The molecule has 2 aromatic heterocycles. The molecule has 0 saturated carbocycles. The van der Waals surface area contributed by atoms with Gasteiger partial charge in [-0.2, -0.15) is 9.50 Å². The lowest BCUT2D eigenvalue weighted by atomic mass is 10.2. The molecule has 0 aliphatic heterocycles. The normalized spacial score (nSPS) is 11.8. The largest absolute Gasteiger partial charge is 0.490 e. The van der Waals surface area contributed by atoms with Gasteiger partial charge in [-0.05, 0) is 48.0 Å². The molecule has 0 aliphatic carbocycles. The van der Waals surface area contributed by atoms with Gasteiger partial charge in [-0.15, -0.1) is 5.10 Å². The highest BCUT2D eigenvalue weighted by Crippen LogP contribution is 2.20. The van der Waals surface area contributed by atoms with Crippen molar-refractivity contribution in [3.8, 4) is 17.1 Å². The molecule has 2 heterocycles. The summed E-state index contributed by atoms with van der Waals surface area (Å²) >= 11 is 1.22. The number of fused-ring (bicyclic) bond motifs is 1. The SMILES string of the molecule is C=CCOc1ccc(-c2nc3s/c(=C\c4cccc(F)c4)c(=O)n3n2)cc1. The van der Waals surface area contributed by atoms with Gasteiger partial charge in [0.25, 0.3) is 5.56 Å². The zero-order valence-electron chi connectivity index (χ0n) is 14.1. The maximum Gasteiger partial charge on any atom is 0.291 e. The van der Waals surface area contributed by atoms with Crippen molar-refractivity contribution >= 4 is 22.4 Å². The van der Waals surface area contributed by atoms with Crippen LogP contribution in [-0.4, -0.2) is 21.2 Å². The molecule has 0 unspecified atom stereocenters. The van der Waals surface area contributed by atoms with E-state index in [9.17, 15) is 9.18 Å². The minimum Gasteiger partial charge on any atom is -0.490 e. The molecule has 0 fully saturated rings. The summed E-state index contributed by atoms with van der Waals surface area (Å²) in [7, 11) is 0. The average molecular weight is 379 g/mol. The third kappa shape index (κ3) is 3.50. The van der Waals surface area contributed by atoms with Crippen LogP contribution in [0.2, 0.25) is 0 Å². The number of rotatable bonds is 5. The maximum absolute atomic E-state index is 13.3. The second-order valence-electron chi connectivity index (χ2n) is 5.72. The van der Waals surface area contributed by atoms with Crippen LogP contribution in [0.25, 0.3) is 22.4 Å². The summed E-state index contributed by atoms with van der Waals surface area (Å²) in [5, 5.41) is 4.31. The van der Waals surface area contributed by atoms with Gasteiger partial charge in [0.1, 0.15) is 18.2 Å². The molecule has 0 amide bonds. The first-order valence-corrected chi connectivity index (χ1v) is 8.97. The minimum absolute atomic E-state index is 0.274. The van der Waals surface area contributed by atoms with E-state index < -0.39 is 0 Å². The Morgan fingerprint density at radius 3 is 2.74 bits per heavy atom. The fraction of sp³-hybridized carbons (Fsp3) is 0.0500. The lowest BCUT2D eigenvalue weighted by Crippen LogP contribution is -2.23. The van der Waals surface area contributed by atoms with Gasteiger partial charge < -0.3 is 4.74 Å². The van der Waals surface area contributed by atoms with Crippen LogP contribution in [0.4, 0.5) is 4.39 Å². The van der Waals surface area contributed by atoms with Crippen molar-refractivity contribution in [1.82, 2.24) is 14.6 Å². The van der Waals surface area contributed by atoms with Crippen LogP contribution < -0.4 is 14.8 Å². The molecular formula is C20H14FN3O2S.